The van der Waals surface area contributed by atoms with Crippen LogP contribution in [0.25, 0.3) is 0 Å². The van der Waals surface area contributed by atoms with Gasteiger partial charge in [0.2, 0.25) is 5.95 Å². The number of aromatic nitrogens is 3. The molecule has 3 aromatic rings. The van der Waals surface area contributed by atoms with Crippen molar-refractivity contribution in [1.29, 1.82) is 0 Å². The molecule has 0 radical (unpaired) electrons. The average molecular weight is 309 g/mol. The lowest BCUT2D eigenvalue weighted by Crippen LogP contribution is -2.24. The molecule has 7 heteroatoms. The summed E-state index contributed by atoms with van der Waals surface area (Å²) in [5.74, 6) is 0.868. The van der Waals surface area contributed by atoms with E-state index >= 15 is 0 Å². The molecule has 0 saturated heterocycles. The predicted octanol–water partition coefficient (Wildman–Crippen LogP) is 2.01. The molecule has 3 aromatic heterocycles. The van der Waals surface area contributed by atoms with Gasteiger partial charge in [0.1, 0.15) is 11.5 Å². The highest BCUT2D eigenvalue weighted by molar-refractivity contribution is 5.92. The van der Waals surface area contributed by atoms with Gasteiger partial charge >= 0.3 is 0 Å². The Kier molecular flexibility index (Phi) is 4.58. The van der Waals surface area contributed by atoms with Gasteiger partial charge in [0, 0.05) is 25.1 Å². The van der Waals surface area contributed by atoms with Crippen LogP contribution in [-0.4, -0.2) is 20.9 Å². The Balaban J connectivity index is 1.58. The van der Waals surface area contributed by atoms with Gasteiger partial charge in [-0.15, -0.1) is 0 Å². The Morgan fingerprint density at radius 1 is 1.13 bits per heavy atom. The molecule has 0 saturated carbocycles. The summed E-state index contributed by atoms with van der Waals surface area (Å²) in [5.41, 5.74) is 1.22. The molecule has 7 nitrogen and oxygen atoms in total. The minimum atomic E-state index is -0.266. The number of hydrogen-bond acceptors (Lipinski definition) is 6. The number of furan rings is 1. The number of hydrogen-bond donors (Lipinski definition) is 2. The molecule has 3 heterocycles. The van der Waals surface area contributed by atoms with E-state index in [1.165, 1.54) is 6.20 Å². The maximum atomic E-state index is 12.1. The number of carbonyl (C=O) groups is 1. The summed E-state index contributed by atoms with van der Waals surface area (Å²) >= 11 is 0. The molecule has 0 bridgehead atoms. The Morgan fingerprint density at radius 3 is 2.87 bits per heavy atom. The van der Waals surface area contributed by atoms with Crippen LogP contribution in [0.3, 0.4) is 0 Å². The van der Waals surface area contributed by atoms with Crippen LogP contribution in [0.2, 0.25) is 0 Å². The number of nitrogens with one attached hydrogen (secondary N) is 2. The van der Waals surface area contributed by atoms with Crippen molar-refractivity contribution in [3.63, 3.8) is 0 Å². The van der Waals surface area contributed by atoms with E-state index in [9.17, 15) is 4.79 Å². The maximum absolute atomic E-state index is 12.1. The molecule has 0 aliphatic rings. The summed E-state index contributed by atoms with van der Waals surface area (Å²) in [6.07, 6.45) is 6.53. The average Bonchev–Trinajstić information content (AvgIpc) is 3.12. The fourth-order valence-corrected chi connectivity index (χ4v) is 1.93. The van der Waals surface area contributed by atoms with E-state index in [1.54, 1.807) is 30.8 Å². The third-order valence-corrected chi connectivity index (χ3v) is 3.06. The highest BCUT2D eigenvalue weighted by Crippen LogP contribution is 2.05. The number of carbonyl (C=O) groups excluding carboxylic acids is 1. The third-order valence-electron chi connectivity index (χ3n) is 3.06. The van der Waals surface area contributed by atoms with E-state index in [-0.39, 0.29) is 5.91 Å². The maximum Gasteiger partial charge on any atom is 0.270 e. The van der Waals surface area contributed by atoms with Gasteiger partial charge in [0.25, 0.3) is 5.91 Å². The zero-order chi connectivity index (χ0) is 15.9. The molecule has 116 valence electrons. The normalized spacial score (nSPS) is 10.3. The summed E-state index contributed by atoms with van der Waals surface area (Å²) in [7, 11) is 0. The van der Waals surface area contributed by atoms with Crippen LogP contribution in [0, 0.1) is 0 Å². The van der Waals surface area contributed by atoms with E-state index in [4.69, 9.17) is 4.42 Å². The van der Waals surface area contributed by atoms with Crippen LogP contribution in [-0.2, 0) is 13.1 Å². The highest BCUT2D eigenvalue weighted by Gasteiger charge is 2.09. The largest absolute Gasteiger partial charge is 0.467 e. The molecule has 0 aliphatic heterocycles. The molecule has 0 aliphatic carbocycles. The van der Waals surface area contributed by atoms with Crippen LogP contribution in [0.4, 0.5) is 5.95 Å². The van der Waals surface area contributed by atoms with Gasteiger partial charge in [-0.2, -0.15) is 0 Å². The molecule has 0 fully saturated rings. The quantitative estimate of drug-likeness (QED) is 0.723. The second-order valence-corrected chi connectivity index (χ2v) is 4.74. The summed E-state index contributed by atoms with van der Waals surface area (Å²) < 4.78 is 5.22. The molecule has 0 spiro atoms. The Labute approximate surface area is 132 Å². The van der Waals surface area contributed by atoms with E-state index in [0.29, 0.717) is 24.7 Å². The molecule has 23 heavy (non-hydrogen) atoms. The first-order chi connectivity index (χ1) is 11.3. The fourth-order valence-electron chi connectivity index (χ4n) is 1.93. The zero-order valence-electron chi connectivity index (χ0n) is 12.3. The van der Waals surface area contributed by atoms with E-state index < -0.39 is 0 Å². The molecule has 0 unspecified atom stereocenters. The van der Waals surface area contributed by atoms with E-state index in [1.807, 2.05) is 18.2 Å². The first kappa shape index (κ1) is 14.7. The van der Waals surface area contributed by atoms with Crippen molar-refractivity contribution in [2.75, 3.05) is 5.32 Å². The molecular weight excluding hydrogens is 294 g/mol. The molecule has 0 atom stereocenters. The van der Waals surface area contributed by atoms with Gasteiger partial charge in [-0.25, -0.2) is 9.97 Å². The molecular formula is C16H15N5O2. The lowest BCUT2D eigenvalue weighted by molar-refractivity contribution is 0.0946. The van der Waals surface area contributed by atoms with Crippen molar-refractivity contribution in [3.8, 4) is 0 Å². The Hall–Kier alpha value is -3.22. The predicted molar refractivity (Wildman–Crippen MR) is 83.5 cm³/mol. The Morgan fingerprint density at radius 2 is 2.09 bits per heavy atom. The van der Waals surface area contributed by atoms with E-state index in [0.717, 1.165) is 11.3 Å². The second-order valence-electron chi connectivity index (χ2n) is 4.74. The summed E-state index contributed by atoms with van der Waals surface area (Å²) in [6, 6.07) is 8.93. The van der Waals surface area contributed by atoms with Gasteiger partial charge in [-0.1, -0.05) is 6.07 Å². The molecule has 3 rings (SSSR count). The van der Waals surface area contributed by atoms with Gasteiger partial charge in [0.15, 0.2) is 0 Å². The minimum Gasteiger partial charge on any atom is -0.467 e. The molecule has 0 aromatic carbocycles. The molecule has 2 N–H and O–H groups in total. The smallest absolute Gasteiger partial charge is 0.270 e. The minimum absolute atomic E-state index is 0.266. The van der Waals surface area contributed by atoms with Crippen LogP contribution in [0.15, 0.2) is 59.6 Å². The van der Waals surface area contributed by atoms with Crippen molar-refractivity contribution in [3.05, 3.63) is 72.2 Å². The number of anilines is 1. The lowest BCUT2D eigenvalue weighted by atomic mass is 10.3. The van der Waals surface area contributed by atoms with Crippen molar-refractivity contribution in [2.45, 2.75) is 13.1 Å². The zero-order valence-corrected chi connectivity index (χ0v) is 12.3. The van der Waals surface area contributed by atoms with Crippen LogP contribution < -0.4 is 10.6 Å². The molecule has 1 amide bonds. The number of nitrogens with zero attached hydrogens (tertiary/aromatic N) is 3. The van der Waals surface area contributed by atoms with Crippen molar-refractivity contribution >= 4 is 11.9 Å². The van der Waals surface area contributed by atoms with Crippen molar-refractivity contribution in [2.24, 2.45) is 0 Å². The van der Waals surface area contributed by atoms with Crippen LogP contribution >= 0.6 is 0 Å². The SMILES string of the molecule is O=C(NCc1cccnc1)c1ccnc(NCc2ccco2)n1. The van der Waals surface area contributed by atoms with Gasteiger partial charge in [-0.05, 0) is 29.8 Å². The standard InChI is InChI=1S/C16H15N5O2/c22-15(19-10-12-3-1-6-17-9-12)14-5-7-18-16(21-14)20-11-13-4-2-8-23-13/h1-9H,10-11H2,(H,19,22)(H,18,20,21). The third kappa shape index (κ3) is 4.13. The van der Waals surface area contributed by atoms with Gasteiger partial charge < -0.3 is 15.1 Å². The summed E-state index contributed by atoms with van der Waals surface area (Å²) in [5, 5.41) is 5.81. The van der Waals surface area contributed by atoms with Gasteiger partial charge in [0.05, 0.1) is 12.8 Å². The summed E-state index contributed by atoms with van der Waals surface area (Å²) in [4.78, 5) is 24.4. The van der Waals surface area contributed by atoms with E-state index in [2.05, 4.69) is 25.6 Å². The highest BCUT2D eigenvalue weighted by atomic mass is 16.3. The number of rotatable bonds is 6. The lowest BCUT2D eigenvalue weighted by Gasteiger charge is -2.06. The second kappa shape index (κ2) is 7.17. The number of pyridine rings is 1. The van der Waals surface area contributed by atoms with Crippen molar-refractivity contribution < 1.29 is 9.21 Å². The Bertz CT molecular complexity index is 759. The number of amides is 1. The monoisotopic (exact) mass is 309 g/mol. The summed E-state index contributed by atoms with van der Waals surface area (Å²) in [6.45, 7) is 0.847. The van der Waals surface area contributed by atoms with Crippen molar-refractivity contribution in [1.82, 2.24) is 20.3 Å². The van der Waals surface area contributed by atoms with Crippen LogP contribution in [0.5, 0.6) is 0 Å². The topological polar surface area (TPSA) is 92.9 Å². The van der Waals surface area contributed by atoms with Crippen LogP contribution in [0.1, 0.15) is 21.8 Å². The first-order valence-corrected chi connectivity index (χ1v) is 7.07. The van der Waals surface area contributed by atoms with Gasteiger partial charge in [-0.3, -0.25) is 9.78 Å². The fraction of sp³-hybridized carbons (Fsp3) is 0.125. The first-order valence-electron chi connectivity index (χ1n) is 7.07.